The van der Waals surface area contributed by atoms with Crippen LogP contribution in [-0.2, 0) is 15.8 Å². The number of nitrogens with zero attached hydrogens (tertiary/aromatic N) is 1. The van der Waals surface area contributed by atoms with E-state index in [1.54, 1.807) is 42.5 Å². The summed E-state index contributed by atoms with van der Waals surface area (Å²) in [4.78, 5) is 12.5. The highest BCUT2D eigenvalue weighted by Gasteiger charge is 2.25. The van der Waals surface area contributed by atoms with E-state index < -0.39 is 10.0 Å². The first-order chi connectivity index (χ1) is 12.9. The van der Waals surface area contributed by atoms with E-state index in [0.29, 0.717) is 40.7 Å². The van der Waals surface area contributed by atoms with E-state index in [4.69, 9.17) is 16.3 Å². The molecule has 27 heavy (non-hydrogen) atoms. The van der Waals surface area contributed by atoms with Gasteiger partial charge in [-0.3, -0.25) is 4.79 Å². The fourth-order valence-electron chi connectivity index (χ4n) is 2.99. The lowest BCUT2D eigenvalue weighted by Crippen LogP contribution is -2.29. The highest BCUT2D eigenvalue weighted by atomic mass is 35.5. The SMILES string of the molecule is COc1ccc(Cl)cc1NC(=O)c1ccc(CS(=O)(=O)N2CCCC2)cc1. The Balaban J connectivity index is 1.70. The molecule has 1 saturated heterocycles. The number of amides is 1. The van der Waals surface area contributed by atoms with Crippen molar-refractivity contribution in [1.29, 1.82) is 0 Å². The average molecular weight is 409 g/mol. The predicted molar refractivity (Wildman–Crippen MR) is 106 cm³/mol. The van der Waals surface area contributed by atoms with E-state index in [9.17, 15) is 13.2 Å². The van der Waals surface area contributed by atoms with Crippen molar-refractivity contribution in [2.75, 3.05) is 25.5 Å². The molecule has 0 atom stereocenters. The second-order valence-corrected chi connectivity index (χ2v) is 8.76. The lowest BCUT2D eigenvalue weighted by molar-refractivity contribution is 0.102. The molecule has 0 saturated carbocycles. The Morgan fingerprint density at radius 3 is 2.44 bits per heavy atom. The maximum Gasteiger partial charge on any atom is 0.255 e. The number of carbonyl (C=O) groups is 1. The Labute approximate surface area is 164 Å². The first kappa shape index (κ1) is 19.7. The Hall–Kier alpha value is -2.09. The van der Waals surface area contributed by atoms with Gasteiger partial charge in [-0.05, 0) is 48.7 Å². The highest BCUT2D eigenvalue weighted by molar-refractivity contribution is 7.88. The molecule has 6 nitrogen and oxygen atoms in total. The van der Waals surface area contributed by atoms with Gasteiger partial charge in [-0.2, -0.15) is 0 Å². The number of ether oxygens (including phenoxy) is 1. The lowest BCUT2D eigenvalue weighted by Gasteiger charge is -2.15. The number of methoxy groups -OCH3 is 1. The number of hydrogen-bond donors (Lipinski definition) is 1. The topological polar surface area (TPSA) is 75.7 Å². The largest absolute Gasteiger partial charge is 0.495 e. The molecule has 0 aliphatic carbocycles. The van der Waals surface area contributed by atoms with Crippen molar-refractivity contribution < 1.29 is 17.9 Å². The third-order valence-corrected chi connectivity index (χ3v) is 6.52. The van der Waals surface area contributed by atoms with Crippen LogP contribution in [0.3, 0.4) is 0 Å². The number of hydrogen-bond acceptors (Lipinski definition) is 4. The van der Waals surface area contributed by atoms with Crippen LogP contribution in [0.5, 0.6) is 5.75 Å². The van der Waals surface area contributed by atoms with Gasteiger partial charge in [0, 0.05) is 23.7 Å². The van der Waals surface area contributed by atoms with E-state index in [1.807, 2.05) is 0 Å². The zero-order valence-electron chi connectivity index (χ0n) is 14.9. The third-order valence-electron chi connectivity index (χ3n) is 4.43. The summed E-state index contributed by atoms with van der Waals surface area (Å²) in [5, 5.41) is 3.24. The maximum atomic E-state index is 12.5. The standard InChI is InChI=1S/C19H21ClN2O4S/c1-26-18-9-8-16(20)12-17(18)21-19(23)15-6-4-14(5-7-15)13-27(24,25)22-10-2-3-11-22/h4-9,12H,2-3,10-11,13H2,1H3,(H,21,23). The van der Waals surface area contributed by atoms with Crippen molar-refractivity contribution in [3.05, 3.63) is 58.6 Å². The second-order valence-electron chi connectivity index (χ2n) is 6.36. The fraction of sp³-hybridized carbons (Fsp3) is 0.316. The number of rotatable bonds is 6. The molecule has 3 rings (SSSR count). The summed E-state index contributed by atoms with van der Waals surface area (Å²) < 4.78 is 31.5. The molecule has 0 unspecified atom stereocenters. The van der Waals surface area contributed by atoms with Gasteiger partial charge in [-0.15, -0.1) is 0 Å². The summed E-state index contributed by atoms with van der Waals surface area (Å²) in [7, 11) is -1.80. The number of benzene rings is 2. The molecule has 0 bridgehead atoms. The first-order valence-corrected chi connectivity index (χ1v) is 10.6. The van der Waals surface area contributed by atoms with E-state index >= 15 is 0 Å². The number of carbonyl (C=O) groups excluding carboxylic acids is 1. The Bertz CT molecular complexity index is 923. The summed E-state index contributed by atoms with van der Waals surface area (Å²) in [5.41, 5.74) is 1.54. The van der Waals surface area contributed by atoms with Crippen LogP contribution in [0.1, 0.15) is 28.8 Å². The number of nitrogens with one attached hydrogen (secondary N) is 1. The van der Waals surface area contributed by atoms with Gasteiger partial charge in [0.05, 0.1) is 18.6 Å². The predicted octanol–water partition coefficient (Wildman–Crippen LogP) is 3.53. The average Bonchev–Trinajstić information content (AvgIpc) is 3.18. The van der Waals surface area contributed by atoms with Gasteiger partial charge >= 0.3 is 0 Å². The molecule has 0 radical (unpaired) electrons. The fourth-order valence-corrected chi connectivity index (χ4v) is 4.78. The van der Waals surface area contributed by atoms with Gasteiger partial charge < -0.3 is 10.1 Å². The molecule has 1 amide bonds. The molecule has 0 spiro atoms. The zero-order chi connectivity index (χ0) is 19.4. The normalized spacial score (nSPS) is 14.9. The molecular formula is C19H21ClN2O4S. The van der Waals surface area contributed by atoms with Crippen molar-refractivity contribution in [2.45, 2.75) is 18.6 Å². The molecule has 2 aromatic rings. The monoisotopic (exact) mass is 408 g/mol. The second kappa shape index (κ2) is 8.29. The van der Waals surface area contributed by atoms with Gasteiger partial charge in [-0.25, -0.2) is 12.7 Å². The number of halogens is 1. The van der Waals surface area contributed by atoms with E-state index in [1.165, 1.54) is 11.4 Å². The van der Waals surface area contributed by atoms with Gasteiger partial charge in [0.25, 0.3) is 5.91 Å². The summed E-state index contributed by atoms with van der Waals surface area (Å²) in [6.07, 6.45) is 1.82. The minimum atomic E-state index is -3.31. The molecular weight excluding hydrogens is 388 g/mol. The van der Waals surface area contributed by atoms with E-state index in [-0.39, 0.29) is 11.7 Å². The Morgan fingerprint density at radius 2 is 1.81 bits per heavy atom. The van der Waals surface area contributed by atoms with Crippen LogP contribution in [0, 0.1) is 0 Å². The van der Waals surface area contributed by atoms with Crippen LogP contribution in [-0.4, -0.2) is 38.8 Å². The van der Waals surface area contributed by atoms with Crippen LogP contribution in [0.25, 0.3) is 0 Å². The molecule has 144 valence electrons. The van der Waals surface area contributed by atoms with E-state index in [0.717, 1.165) is 12.8 Å². The van der Waals surface area contributed by atoms with Crippen molar-refractivity contribution in [2.24, 2.45) is 0 Å². The molecule has 1 aliphatic heterocycles. The minimum Gasteiger partial charge on any atom is -0.495 e. The minimum absolute atomic E-state index is 0.0585. The quantitative estimate of drug-likeness (QED) is 0.793. The smallest absolute Gasteiger partial charge is 0.255 e. The van der Waals surface area contributed by atoms with Gasteiger partial charge in [0.15, 0.2) is 0 Å². The first-order valence-electron chi connectivity index (χ1n) is 8.61. The molecule has 2 aromatic carbocycles. The van der Waals surface area contributed by atoms with Crippen molar-refractivity contribution in [3.63, 3.8) is 0 Å². The van der Waals surface area contributed by atoms with Gasteiger partial charge in [0.2, 0.25) is 10.0 Å². The summed E-state index contributed by atoms with van der Waals surface area (Å²) in [6.45, 7) is 1.18. The highest BCUT2D eigenvalue weighted by Crippen LogP contribution is 2.28. The molecule has 1 aliphatic rings. The Kier molecular flexibility index (Phi) is 6.04. The van der Waals surface area contributed by atoms with Crippen molar-refractivity contribution in [1.82, 2.24) is 4.31 Å². The third kappa shape index (κ3) is 4.80. The summed E-state index contributed by atoms with van der Waals surface area (Å²) in [5.74, 6) is 0.113. The zero-order valence-corrected chi connectivity index (χ0v) is 16.5. The number of anilines is 1. The van der Waals surface area contributed by atoms with Gasteiger partial charge in [0.1, 0.15) is 5.75 Å². The van der Waals surface area contributed by atoms with Crippen molar-refractivity contribution in [3.8, 4) is 5.75 Å². The van der Waals surface area contributed by atoms with Crippen LogP contribution < -0.4 is 10.1 Å². The molecule has 1 fully saturated rings. The molecule has 8 heteroatoms. The van der Waals surface area contributed by atoms with Crippen LogP contribution >= 0.6 is 11.6 Å². The summed E-state index contributed by atoms with van der Waals surface area (Å²) >= 11 is 5.97. The van der Waals surface area contributed by atoms with E-state index in [2.05, 4.69) is 5.32 Å². The lowest BCUT2D eigenvalue weighted by atomic mass is 10.1. The van der Waals surface area contributed by atoms with Crippen LogP contribution in [0.15, 0.2) is 42.5 Å². The molecule has 0 aromatic heterocycles. The Morgan fingerprint density at radius 1 is 1.15 bits per heavy atom. The summed E-state index contributed by atoms with van der Waals surface area (Å²) in [6, 6.07) is 11.5. The van der Waals surface area contributed by atoms with Crippen molar-refractivity contribution >= 4 is 33.2 Å². The maximum absolute atomic E-state index is 12.5. The number of sulfonamides is 1. The van der Waals surface area contributed by atoms with Crippen LogP contribution in [0.2, 0.25) is 5.02 Å². The molecule has 1 heterocycles. The van der Waals surface area contributed by atoms with Gasteiger partial charge in [-0.1, -0.05) is 23.7 Å². The van der Waals surface area contributed by atoms with Crippen LogP contribution in [0.4, 0.5) is 5.69 Å². The molecule has 1 N–H and O–H groups in total.